The number of allylic oxidation sites excluding steroid dienone is 18. The van der Waals surface area contributed by atoms with Gasteiger partial charge in [0.25, 0.3) is 0 Å². The summed E-state index contributed by atoms with van der Waals surface area (Å²) in [4.78, 5) is 7.83. The molecule has 0 atom stereocenters. The molecule has 2 heterocycles. The first-order valence-corrected chi connectivity index (χ1v) is 23.3. The molecule has 66 heavy (non-hydrogen) atoms. The Morgan fingerprint density at radius 1 is 0.530 bits per heavy atom. The third kappa shape index (κ3) is 9.70. The summed E-state index contributed by atoms with van der Waals surface area (Å²) >= 11 is 0. The number of aromatic nitrogens is 2. The van der Waals surface area contributed by atoms with Crippen LogP contribution in [0.2, 0.25) is 0 Å². The van der Waals surface area contributed by atoms with E-state index in [1.807, 2.05) is 45.1 Å². The Kier molecular flexibility index (Phi) is 15.6. The molecule has 0 radical (unpaired) electrons. The molecular formula is C64H62N2. The fourth-order valence-corrected chi connectivity index (χ4v) is 9.31. The number of fused-ring (bicyclic) bond motifs is 8. The SMILES string of the molecule is C=C/C=C\C.C=CC=C.C=C\C=C/C(=C\C)C1=C/C=C\c2[nH]c3c4c5c(cc3c2/C=C/C=C/C=C\1)CCc1cc2c([nH]c3ccc(-c6cccc(-c7ccccc7)c6)cc32)c(c1-5)CC4.CC. The molecule has 2 heteroatoms. The first-order valence-electron chi connectivity index (χ1n) is 23.3. The molecule has 3 aliphatic rings. The number of aromatic amines is 2. The molecule has 5 aromatic carbocycles. The van der Waals surface area contributed by atoms with E-state index in [1.165, 1.54) is 93.9 Å². The fourth-order valence-electron chi connectivity index (χ4n) is 9.31. The second-order valence-corrected chi connectivity index (χ2v) is 16.1. The normalized spacial score (nSPS) is 16.3. The molecule has 328 valence electrons. The smallest absolute Gasteiger partial charge is 0.0503 e. The average Bonchev–Trinajstić information content (AvgIpc) is 3.91. The van der Waals surface area contributed by atoms with Crippen molar-refractivity contribution in [3.8, 4) is 33.4 Å². The Labute approximate surface area is 392 Å². The third-order valence-electron chi connectivity index (χ3n) is 12.2. The Morgan fingerprint density at radius 3 is 1.79 bits per heavy atom. The highest BCUT2D eigenvalue weighted by Gasteiger charge is 2.31. The monoisotopic (exact) mass is 858 g/mol. The molecule has 0 bridgehead atoms. The molecule has 2 nitrogen and oxygen atoms in total. The van der Waals surface area contributed by atoms with Gasteiger partial charge in [0.2, 0.25) is 0 Å². The van der Waals surface area contributed by atoms with E-state index in [4.69, 9.17) is 0 Å². The molecule has 0 aliphatic heterocycles. The Morgan fingerprint density at radius 2 is 1.15 bits per heavy atom. The van der Waals surface area contributed by atoms with Gasteiger partial charge in [0, 0.05) is 32.9 Å². The maximum Gasteiger partial charge on any atom is 0.0503 e. The summed E-state index contributed by atoms with van der Waals surface area (Å²) < 4.78 is 0. The number of rotatable bonds is 7. The van der Waals surface area contributed by atoms with Crippen LogP contribution < -0.4 is 0 Å². The number of aryl methyl sites for hydroxylation is 4. The molecule has 0 unspecified atom stereocenters. The minimum Gasteiger partial charge on any atom is -0.354 e. The number of nitrogens with one attached hydrogen (secondary N) is 2. The van der Waals surface area contributed by atoms with Gasteiger partial charge in [0.05, 0.1) is 11.0 Å². The summed E-state index contributed by atoms with van der Waals surface area (Å²) in [7, 11) is 0. The highest BCUT2D eigenvalue weighted by molar-refractivity contribution is 6.13. The third-order valence-corrected chi connectivity index (χ3v) is 12.2. The molecule has 0 spiro atoms. The van der Waals surface area contributed by atoms with Crippen LogP contribution >= 0.6 is 0 Å². The minimum atomic E-state index is 1.01. The van der Waals surface area contributed by atoms with E-state index in [1.54, 1.807) is 18.2 Å². The quantitative estimate of drug-likeness (QED) is 0.150. The van der Waals surface area contributed by atoms with Crippen LogP contribution in [0.4, 0.5) is 0 Å². The van der Waals surface area contributed by atoms with Crippen LogP contribution in [-0.2, 0) is 25.7 Å². The average molecular weight is 859 g/mol. The summed E-state index contributed by atoms with van der Waals surface area (Å²) in [5.74, 6) is 0. The summed E-state index contributed by atoms with van der Waals surface area (Å²) in [5, 5.41) is 3.98. The van der Waals surface area contributed by atoms with Crippen LogP contribution in [0.3, 0.4) is 0 Å². The maximum atomic E-state index is 3.93. The predicted octanol–water partition coefficient (Wildman–Crippen LogP) is 17.9. The minimum absolute atomic E-state index is 1.01. The second kappa shape index (κ2) is 22.3. The van der Waals surface area contributed by atoms with Crippen molar-refractivity contribution in [1.82, 2.24) is 9.97 Å². The molecule has 0 fully saturated rings. The molecular weight excluding hydrogens is 797 g/mol. The maximum absolute atomic E-state index is 3.93. The molecule has 2 aromatic heterocycles. The zero-order chi connectivity index (χ0) is 46.4. The van der Waals surface area contributed by atoms with Crippen molar-refractivity contribution >= 4 is 44.9 Å². The lowest BCUT2D eigenvalue weighted by Gasteiger charge is -2.30. The van der Waals surface area contributed by atoms with Crippen molar-refractivity contribution < 1.29 is 0 Å². The molecule has 0 saturated carbocycles. The van der Waals surface area contributed by atoms with Crippen molar-refractivity contribution in [1.29, 1.82) is 0 Å². The summed E-state index contributed by atoms with van der Waals surface area (Å²) in [5.41, 5.74) is 22.3. The number of hydrogen-bond acceptors (Lipinski definition) is 0. The van der Waals surface area contributed by atoms with E-state index in [-0.39, 0.29) is 0 Å². The van der Waals surface area contributed by atoms with Crippen molar-refractivity contribution in [3.63, 3.8) is 0 Å². The molecule has 10 rings (SSSR count). The van der Waals surface area contributed by atoms with Crippen molar-refractivity contribution in [3.05, 3.63) is 253 Å². The Hall–Kier alpha value is -7.68. The topological polar surface area (TPSA) is 31.6 Å². The van der Waals surface area contributed by atoms with Crippen molar-refractivity contribution in [2.24, 2.45) is 0 Å². The van der Waals surface area contributed by atoms with Gasteiger partial charge < -0.3 is 9.97 Å². The molecule has 0 amide bonds. The van der Waals surface area contributed by atoms with Gasteiger partial charge >= 0.3 is 0 Å². The largest absolute Gasteiger partial charge is 0.354 e. The number of hydrogen-bond donors (Lipinski definition) is 2. The van der Waals surface area contributed by atoms with E-state index in [9.17, 15) is 0 Å². The summed E-state index contributed by atoms with van der Waals surface area (Å²) in [6, 6.07) is 31.5. The number of H-pyrrole nitrogens is 2. The lowest BCUT2D eigenvalue weighted by atomic mass is 9.74. The van der Waals surface area contributed by atoms with E-state index in [0.29, 0.717) is 0 Å². The lowest BCUT2D eigenvalue weighted by molar-refractivity contribution is 0.888. The van der Waals surface area contributed by atoms with Crippen molar-refractivity contribution in [2.75, 3.05) is 0 Å². The summed E-state index contributed by atoms with van der Waals surface area (Å²) in [6.07, 6.45) is 40.6. The van der Waals surface area contributed by atoms with Gasteiger partial charge in [-0.2, -0.15) is 0 Å². The molecule has 0 saturated heterocycles. The summed E-state index contributed by atoms with van der Waals surface area (Å²) in [6.45, 7) is 22.1. The number of benzene rings is 5. The van der Waals surface area contributed by atoms with Gasteiger partial charge in [0.15, 0.2) is 0 Å². The molecule has 7 aromatic rings. The highest BCUT2D eigenvalue weighted by Crippen LogP contribution is 2.49. The van der Waals surface area contributed by atoms with Crippen molar-refractivity contribution in [2.45, 2.75) is 53.4 Å². The predicted molar refractivity (Wildman–Crippen MR) is 293 cm³/mol. The van der Waals surface area contributed by atoms with Gasteiger partial charge in [-0.3, -0.25) is 0 Å². The van der Waals surface area contributed by atoms with E-state index in [2.05, 4.69) is 195 Å². The van der Waals surface area contributed by atoms with Crippen LogP contribution in [0.25, 0.3) is 78.2 Å². The first-order chi connectivity index (χ1) is 32.5. The van der Waals surface area contributed by atoms with E-state index < -0.39 is 0 Å². The second-order valence-electron chi connectivity index (χ2n) is 16.1. The van der Waals surface area contributed by atoms with Crippen LogP contribution in [0.15, 0.2) is 220 Å². The zero-order valence-electron chi connectivity index (χ0n) is 39.1. The Balaban J connectivity index is 0.000000535. The van der Waals surface area contributed by atoms with Gasteiger partial charge in [-0.05, 0) is 143 Å². The van der Waals surface area contributed by atoms with Gasteiger partial charge in [0.1, 0.15) is 0 Å². The standard InChI is InChI=1S/C53H42N2.C5H8.C4H6.C2H6/c1-3-5-15-34(4-2)35-16-9-6-7-12-22-42-46-32-40-24-25-41-33-47-45-31-39(38-21-13-20-37(30-38)36-17-10-8-11-18-36)26-29-49(45)55-53(47)44-28-27-43(50(40)51(41)44)52(46)54-48(42)23-14-19-35;1-3-5-4-2;1-3-4-2;1-2/h3-23,26,29-33,54-55H,1,24-25,27-28H2,2H3;3-5H,1H2,2H3;3-4H,1-2H2;1-2H3/b7-6+,9-6?,12-7?,15-5-,16-9-,19-14?,22-12+,23-14-,34-4+,35-16?,35-19+,42-22?,48-23?;5-4-;;. The fraction of sp³-hybridized carbons (Fsp3) is 0.125. The van der Waals surface area contributed by atoms with E-state index in [0.717, 1.165) is 42.5 Å². The van der Waals surface area contributed by atoms with Gasteiger partial charge in [-0.1, -0.05) is 198 Å². The Bertz CT molecular complexity index is 3160. The zero-order valence-corrected chi connectivity index (χ0v) is 39.1. The highest BCUT2D eigenvalue weighted by atomic mass is 14.7. The van der Waals surface area contributed by atoms with Crippen LogP contribution in [-0.4, -0.2) is 9.97 Å². The molecule has 2 N–H and O–H groups in total. The van der Waals surface area contributed by atoms with Gasteiger partial charge in [-0.25, -0.2) is 0 Å². The lowest BCUT2D eigenvalue weighted by Crippen LogP contribution is -2.15. The molecule has 3 aliphatic carbocycles. The first kappa shape index (κ1) is 46.3. The van der Waals surface area contributed by atoms with Crippen LogP contribution in [0.5, 0.6) is 0 Å². The van der Waals surface area contributed by atoms with Crippen LogP contribution in [0, 0.1) is 0 Å². The van der Waals surface area contributed by atoms with Crippen LogP contribution in [0.1, 0.15) is 61.2 Å². The van der Waals surface area contributed by atoms with Gasteiger partial charge in [-0.15, -0.1) is 0 Å². The van der Waals surface area contributed by atoms with E-state index >= 15 is 0 Å².